The lowest BCUT2D eigenvalue weighted by Gasteiger charge is -2.18. The van der Waals surface area contributed by atoms with Gasteiger partial charge in [-0.2, -0.15) is 0 Å². The van der Waals surface area contributed by atoms with Gasteiger partial charge in [0.25, 0.3) is 5.91 Å². The third-order valence-electron chi connectivity index (χ3n) is 5.70. The van der Waals surface area contributed by atoms with Gasteiger partial charge in [0.2, 0.25) is 5.91 Å². The molecule has 0 aliphatic carbocycles. The van der Waals surface area contributed by atoms with Gasteiger partial charge in [0.1, 0.15) is 5.82 Å². The summed E-state index contributed by atoms with van der Waals surface area (Å²) in [6.07, 6.45) is 0.909. The maximum Gasteiger partial charge on any atom is 0.256 e. The molecule has 6 nitrogen and oxygen atoms in total. The fourth-order valence-electron chi connectivity index (χ4n) is 4.14. The average Bonchev–Trinajstić information content (AvgIpc) is 3.45. The molecule has 0 spiro atoms. The number of aromatic nitrogens is 1. The van der Waals surface area contributed by atoms with E-state index in [0.29, 0.717) is 33.6 Å². The number of nitrogen functional groups attached to an aromatic ring is 1. The lowest BCUT2D eigenvalue weighted by atomic mass is 10.0. The quantitative estimate of drug-likeness (QED) is 0.392. The summed E-state index contributed by atoms with van der Waals surface area (Å²) in [4.78, 5) is 32.9. The van der Waals surface area contributed by atoms with Gasteiger partial charge in [-0.1, -0.05) is 35.9 Å². The maximum atomic E-state index is 13.1. The number of nitrogens with zero attached hydrogens (tertiary/aromatic N) is 2. The van der Waals surface area contributed by atoms with Crippen LogP contribution in [0.3, 0.4) is 0 Å². The molecular formula is C26H21ClN4O2S. The number of hydrogen-bond donors (Lipinski definition) is 2. The first-order valence-electron chi connectivity index (χ1n) is 10.8. The van der Waals surface area contributed by atoms with E-state index in [1.165, 1.54) is 11.3 Å². The molecule has 0 fully saturated rings. The number of carbonyl (C=O) groups is 2. The Bertz CT molecular complexity index is 1400. The highest BCUT2D eigenvalue weighted by Gasteiger charge is 2.25. The Labute approximate surface area is 206 Å². The fraction of sp³-hybridized carbons (Fsp3) is 0.115. The summed E-state index contributed by atoms with van der Waals surface area (Å²) in [5, 5.41) is 3.00. The normalized spacial score (nSPS) is 12.4. The van der Waals surface area contributed by atoms with Crippen molar-refractivity contribution in [1.82, 2.24) is 4.98 Å². The molecule has 0 atom stereocenters. The molecule has 4 aromatic rings. The fourth-order valence-corrected chi connectivity index (χ4v) is 5.22. The van der Waals surface area contributed by atoms with Crippen molar-refractivity contribution in [1.29, 1.82) is 0 Å². The third kappa shape index (κ3) is 4.53. The number of pyridine rings is 1. The number of benzene rings is 2. The number of carbonyl (C=O) groups excluding carboxylic acids is 2. The highest BCUT2D eigenvalue weighted by Crippen LogP contribution is 2.34. The summed E-state index contributed by atoms with van der Waals surface area (Å²) in [6, 6.07) is 22.1. The number of hydrogen-bond acceptors (Lipinski definition) is 5. The van der Waals surface area contributed by atoms with Crippen molar-refractivity contribution in [3.8, 4) is 10.4 Å². The van der Waals surface area contributed by atoms with Crippen molar-refractivity contribution in [2.45, 2.75) is 12.8 Å². The van der Waals surface area contributed by atoms with Crippen LogP contribution in [-0.2, 0) is 17.6 Å². The summed E-state index contributed by atoms with van der Waals surface area (Å²) >= 11 is 7.53. The third-order valence-corrected chi connectivity index (χ3v) is 6.97. The first-order chi connectivity index (χ1) is 16.5. The van der Waals surface area contributed by atoms with Gasteiger partial charge in [-0.25, -0.2) is 4.98 Å². The van der Waals surface area contributed by atoms with Crippen LogP contribution in [0.5, 0.6) is 0 Å². The molecule has 34 heavy (non-hydrogen) atoms. The Morgan fingerprint density at radius 1 is 1.06 bits per heavy atom. The maximum absolute atomic E-state index is 13.1. The van der Waals surface area contributed by atoms with Crippen molar-refractivity contribution in [2.75, 3.05) is 22.5 Å². The largest absolute Gasteiger partial charge is 0.384 e. The van der Waals surface area contributed by atoms with E-state index in [1.54, 1.807) is 29.2 Å². The first kappa shape index (κ1) is 22.1. The number of rotatable bonds is 5. The Kier molecular flexibility index (Phi) is 6.04. The van der Waals surface area contributed by atoms with E-state index >= 15 is 0 Å². The molecule has 8 heteroatoms. The molecule has 0 radical (unpaired) electrons. The van der Waals surface area contributed by atoms with Crippen molar-refractivity contribution >= 4 is 51.9 Å². The zero-order valence-electron chi connectivity index (χ0n) is 18.1. The van der Waals surface area contributed by atoms with Crippen LogP contribution in [-0.4, -0.2) is 23.3 Å². The van der Waals surface area contributed by atoms with Crippen LogP contribution in [0.1, 0.15) is 21.6 Å². The number of nitrogens with one attached hydrogen (secondary N) is 1. The van der Waals surface area contributed by atoms with E-state index < -0.39 is 0 Å². The Hall–Kier alpha value is -3.68. The molecule has 1 aliphatic rings. The average molecular weight is 489 g/mol. The standard InChI is InChI=1S/C26H21ClN4O2S/c27-23-11-10-22(34-23)19-5-1-2-6-20(19)26(33)30-18-8-9-21-16(14-18)12-13-31(21)25(32)15-17-4-3-7-24(28)29-17/h1-11,14H,12-13,15H2,(H2,28,29)(H,30,33). The molecule has 170 valence electrons. The summed E-state index contributed by atoms with van der Waals surface area (Å²) < 4.78 is 0.675. The van der Waals surface area contributed by atoms with E-state index in [9.17, 15) is 9.59 Å². The van der Waals surface area contributed by atoms with Crippen LogP contribution < -0.4 is 16.0 Å². The van der Waals surface area contributed by atoms with Gasteiger partial charge in [-0.15, -0.1) is 11.3 Å². The van der Waals surface area contributed by atoms with Crippen LogP contribution in [0.25, 0.3) is 10.4 Å². The van der Waals surface area contributed by atoms with Gasteiger partial charge >= 0.3 is 0 Å². The SMILES string of the molecule is Nc1cccc(CC(=O)N2CCc3cc(NC(=O)c4ccccc4-c4ccc(Cl)s4)ccc32)n1. The highest BCUT2D eigenvalue weighted by molar-refractivity contribution is 7.19. The van der Waals surface area contributed by atoms with Gasteiger partial charge in [0.05, 0.1) is 16.5 Å². The molecule has 2 amide bonds. The van der Waals surface area contributed by atoms with E-state index in [0.717, 1.165) is 28.1 Å². The number of nitrogens with two attached hydrogens (primary N) is 1. The zero-order valence-corrected chi connectivity index (χ0v) is 19.7. The first-order valence-corrected chi connectivity index (χ1v) is 12.0. The number of thiophene rings is 1. The summed E-state index contributed by atoms with van der Waals surface area (Å²) in [5.74, 6) is 0.173. The Morgan fingerprint density at radius 2 is 1.91 bits per heavy atom. The van der Waals surface area contributed by atoms with Crippen molar-refractivity contribution < 1.29 is 9.59 Å². The molecular weight excluding hydrogens is 468 g/mol. The predicted molar refractivity (Wildman–Crippen MR) is 138 cm³/mol. The number of fused-ring (bicyclic) bond motifs is 1. The van der Waals surface area contributed by atoms with Gasteiger partial charge in [-0.3, -0.25) is 9.59 Å². The topological polar surface area (TPSA) is 88.3 Å². The van der Waals surface area contributed by atoms with E-state index in [-0.39, 0.29) is 18.2 Å². The van der Waals surface area contributed by atoms with Crippen molar-refractivity contribution in [3.63, 3.8) is 0 Å². The molecule has 3 N–H and O–H groups in total. The Balaban J connectivity index is 1.32. The molecule has 0 saturated carbocycles. The summed E-state index contributed by atoms with van der Waals surface area (Å²) in [7, 11) is 0. The second-order valence-corrected chi connectivity index (χ2v) is 9.69. The molecule has 5 rings (SSSR count). The zero-order chi connectivity index (χ0) is 23.7. The smallest absolute Gasteiger partial charge is 0.256 e. The van der Waals surface area contributed by atoms with Crippen molar-refractivity contribution in [3.05, 3.63) is 94.0 Å². The minimum atomic E-state index is -0.196. The van der Waals surface area contributed by atoms with Crippen LogP contribution in [0, 0.1) is 0 Å². The van der Waals surface area contributed by atoms with E-state index in [1.807, 2.05) is 48.5 Å². The predicted octanol–water partition coefficient (Wildman–Crippen LogP) is 5.43. The van der Waals surface area contributed by atoms with E-state index in [4.69, 9.17) is 17.3 Å². The van der Waals surface area contributed by atoms with Crippen molar-refractivity contribution in [2.24, 2.45) is 0 Å². The molecule has 2 aromatic carbocycles. The van der Waals surface area contributed by atoms with Crippen LogP contribution in [0.2, 0.25) is 4.34 Å². The van der Waals surface area contributed by atoms with Gasteiger partial charge in [0.15, 0.2) is 0 Å². The molecule has 0 bridgehead atoms. The molecule has 0 unspecified atom stereocenters. The van der Waals surface area contributed by atoms with Gasteiger partial charge in [0, 0.05) is 33.9 Å². The van der Waals surface area contributed by atoms with Crippen LogP contribution >= 0.6 is 22.9 Å². The van der Waals surface area contributed by atoms with Gasteiger partial charge in [-0.05, 0) is 60.5 Å². The number of anilines is 3. The monoisotopic (exact) mass is 488 g/mol. The minimum Gasteiger partial charge on any atom is -0.384 e. The molecule has 0 saturated heterocycles. The lowest BCUT2D eigenvalue weighted by Crippen LogP contribution is -2.30. The number of amides is 2. The summed E-state index contributed by atoms with van der Waals surface area (Å²) in [6.45, 7) is 0.593. The van der Waals surface area contributed by atoms with Gasteiger partial charge < -0.3 is 16.0 Å². The molecule has 2 aromatic heterocycles. The highest BCUT2D eigenvalue weighted by atomic mass is 35.5. The molecule has 1 aliphatic heterocycles. The second kappa shape index (κ2) is 9.29. The second-order valence-electron chi connectivity index (χ2n) is 7.97. The lowest BCUT2D eigenvalue weighted by molar-refractivity contribution is -0.117. The molecule has 3 heterocycles. The number of halogens is 1. The van der Waals surface area contributed by atoms with Crippen LogP contribution in [0.4, 0.5) is 17.2 Å². The van der Waals surface area contributed by atoms with E-state index in [2.05, 4.69) is 10.3 Å². The van der Waals surface area contributed by atoms with Crippen LogP contribution in [0.15, 0.2) is 72.8 Å². The Morgan fingerprint density at radius 3 is 2.71 bits per heavy atom. The summed E-state index contributed by atoms with van der Waals surface area (Å²) in [5.41, 5.74) is 10.4. The minimum absolute atomic E-state index is 0.0304.